The van der Waals surface area contributed by atoms with E-state index in [1.807, 2.05) is 31.2 Å². The van der Waals surface area contributed by atoms with Crippen LogP contribution in [0.15, 0.2) is 57.6 Å². The number of aryl methyl sites for hydroxylation is 1. The van der Waals surface area contributed by atoms with E-state index in [-0.39, 0.29) is 12.1 Å². The number of amides is 1. The molecule has 0 bridgehead atoms. The number of halogens is 2. The van der Waals surface area contributed by atoms with Crippen molar-refractivity contribution in [2.24, 2.45) is 0 Å². The maximum Gasteiger partial charge on any atom is 0.252 e. The predicted molar refractivity (Wildman–Crippen MR) is 91.9 cm³/mol. The van der Waals surface area contributed by atoms with Gasteiger partial charge in [0.2, 0.25) is 5.89 Å². The van der Waals surface area contributed by atoms with Crippen molar-refractivity contribution in [3.05, 3.63) is 76.0 Å². The average molecular weight is 389 g/mol. The number of nitrogens with zero attached hydrogens (tertiary/aromatic N) is 1. The van der Waals surface area contributed by atoms with Crippen LogP contribution in [0.5, 0.6) is 0 Å². The second kappa shape index (κ2) is 6.97. The zero-order valence-electron chi connectivity index (χ0n) is 12.8. The molecule has 0 saturated heterocycles. The summed E-state index contributed by atoms with van der Waals surface area (Å²) in [5, 5.41) is 2.67. The van der Waals surface area contributed by atoms with Crippen LogP contribution in [0.3, 0.4) is 0 Å². The SMILES string of the molecule is Cc1ccc(-c2cnc(CNC(=O)c3cc(F)ccc3Br)o2)cc1. The zero-order valence-corrected chi connectivity index (χ0v) is 14.4. The molecule has 0 atom stereocenters. The Balaban J connectivity index is 1.68. The fraction of sp³-hybridized carbons (Fsp3) is 0.111. The lowest BCUT2D eigenvalue weighted by Gasteiger charge is -2.05. The topological polar surface area (TPSA) is 55.1 Å². The Morgan fingerprint density at radius 1 is 1.25 bits per heavy atom. The maximum absolute atomic E-state index is 13.3. The highest BCUT2D eigenvalue weighted by molar-refractivity contribution is 9.10. The fourth-order valence-corrected chi connectivity index (χ4v) is 2.59. The predicted octanol–water partition coefficient (Wildman–Crippen LogP) is 4.48. The van der Waals surface area contributed by atoms with Crippen molar-refractivity contribution < 1.29 is 13.6 Å². The fourth-order valence-electron chi connectivity index (χ4n) is 2.17. The lowest BCUT2D eigenvalue weighted by Crippen LogP contribution is -2.23. The van der Waals surface area contributed by atoms with Gasteiger partial charge in [0.05, 0.1) is 18.3 Å². The van der Waals surface area contributed by atoms with E-state index in [9.17, 15) is 9.18 Å². The first-order valence-electron chi connectivity index (χ1n) is 7.28. The molecule has 0 aliphatic rings. The molecule has 0 aliphatic carbocycles. The van der Waals surface area contributed by atoms with Gasteiger partial charge >= 0.3 is 0 Å². The van der Waals surface area contributed by atoms with E-state index in [2.05, 4.69) is 26.2 Å². The number of carbonyl (C=O) groups excluding carboxylic acids is 1. The Morgan fingerprint density at radius 2 is 2.00 bits per heavy atom. The molecule has 1 amide bonds. The molecular weight excluding hydrogens is 375 g/mol. The first-order valence-corrected chi connectivity index (χ1v) is 8.07. The highest BCUT2D eigenvalue weighted by atomic mass is 79.9. The lowest BCUT2D eigenvalue weighted by molar-refractivity contribution is 0.0946. The first kappa shape index (κ1) is 16.4. The summed E-state index contributed by atoms with van der Waals surface area (Å²) in [6, 6.07) is 11.8. The summed E-state index contributed by atoms with van der Waals surface area (Å²) in [4.78, 5) is 16.3. The average Bonchev–Trinajstić information content (AvgIpc) is 3.04. The van der Waals surface area contributed by atoms with Gasteiger partial charge in [-0.2, -0.15) is 0 Å². The minimum Gasteiger partial charge on any atom is -0.439 e. The standard InChI is InChI=1S/C18H14BrFN2O2/c1-11-2-4-12(5-3-11)16-9-21-17(24-16)10-22-18(23)14-8-13(20)6-7-15(14)19/h2-9H,10H2,1H3,(H,22,23). The molecule has 0 radical (unpaired) electrons. The molecule has 0 fully saturated rings. The van der Waals surface area contributed by atoms with Crippen molar-refractivity contribution in [3.8, 4) is 11.3 Å². The van der Waals surface area contributed by atoms with Crippen LogP contribution in [0.4, 0.5) is 4.39 Å². The van der Waals surface area contributed by atoms with Crippen LogP contribution in [0.1, 0.15) is 21.8 Å². The summed E-state index contributed by atoms with van der Waals surface area (Å²) < 4.78 is 19.4. The van der Waals surface area contributed by atoms with Gasteiger partial charge in [-0.3, -0.25) is 4.79 Å². The Bertz CT molecular complexity index is 875. The number of hydrogen-bond acceptors (Lipinski definition) is 3. The van der Waals surface area contributed by atoms with Crippen LogP contribution >= 0.6 is 15.9 Å². The number of benzene rings is 2. The van der Waals surface area contributed by atoms with Gasteiger partial charge in [0.15, 0.2) is 5.76 Å². The van der Waals surface area contributed by atoms with Gasteiger partial charge in [-0.05, 0) is 41.1 Å². The molecule has 122 valence electrons. The van der Waals surface area contributed by atoms with E-state index in [0.29, 0.717) is 16.1 Å². The third kappa shape index (κ3) is 3.71. The van der Waals surface area contributed by atoms with Crippen molar-refractivity contribution in [2.45, 2.75) is 13.5 Å². The van der Waals surface area contributed by atoms with Crippen molar-refractivity contribution in [1.29, 1.82) is 0 Å². The molecule has 6 heteroatoms. The van der Waals surface area contributed by atoms with Crippen molar-refractivity contribution in [2.75, 3.05) is 0 Å². The normalized spacial score (nSPS) is 10.6. The number of aromatic nitrogens is 1. The van der Waals surface area contributed by atoms with Gasteiger partial charge in [-0.25, -0.2) is 9.37 Å². The quantitative estimate of drug-likeness (QED) is 0.716. The summed E-state index contributed by atoms with van der Waals surface area (Å²) in [5.74, 6) is 0.134. The number of rotatable bonds is 4. The number of carbonyl (C=O) groups is 1. The Kier molecular flexibility index (Phi) is 4.76. The van der Waals surface area contributed by atoms with E-state index in [4.69, 9.17) is 4.42 Å². The van der Waals surface area contributed by atoms with Gasteiger partial charge in [0, 0.05) is 10.0 Å². The van der Waals surface area contributed by atoms with Gasteiger partial charge in [-0.15, -0.1) is 0 Å². The molecule has 1 heterocycles. The van der Waals surface area contributed by atoms with Crippen molar-refractivity contribution in [1.82, 2.24) is 10.3 Å². The van der Waals surface area contributed by atoms with Crippen LogP contribution in [0, 0.1) is 12.7 Å². The molecule has 24 heavy (non-hydrogen) atoms. The van der Waals surface area contributed by atoms with Crippen LogP contribution in [-0.4, -0.2) is 10.9 Å². The molecule has 4 nitrogen and oxygen atoms in total. The van der Waals surface area contributed by atoms with Crippen LogP contribution < -0.4 is 5.32 Å². The van der Waals surface area contributed by atoms with E-state index >= 15 is 0 Å². The van der Waals surface area contributed by atoms with Gasteiger partial charge in [0.1, 0.15) is 5.82 Å². The summed E-state index contributed by atoms with van der Waals surface area (Å²) in [5.41, 5.74) is 2.30. The molecule has 1 N–H and O–H groups in total. The molecule has 2 aromatic carbocycles. The molecule has 1 aromatic heterocycles. The third-order valence-corrected chi connectivity index (χ3v) is 4.15. The summed E-state index contributed by atoms with van der Waals surface area (Å²) in [6.45, 7) is 2.13. The maximum atomic E-state index is 13.3. The van der Waals surface area contributed by atoms with E-state index in [1.54, 1.807) is 6.20 Å². The van der Waals surface area contributed by atoms with Crippen LogP contribution in [-0.2, 0) is 6.54 Å². The summed E-state index contributed by atoms with van der Waals surface area (Å²) in [6.07, 6.45) is 1.62. The largest absolute Gasteiger partial charge is 0.439 e. The lowest BCUT2D eigenvalue weighted by atomic mass is 10.1. The van der Waals surface area contributed by atoms with Crippen molar-refractivity contribution >= 4 is 21.8 Å². The molecule has 0 unspecified atom stereocenters. The second-order valence-electron chi connectivity index (χ2n) is 5.29. The highest BCUT2D eigenvalue weighted by Crippen LogP contribution is 2.21. The minimum atomic E-state index is -0.471. The number of oxazole rings is 1. The molecular formula is C18H14BrFN2O2. The van der Waals surface area contributed by atoms with Gasteiger partial charge < -0.3 is 9.73 Å². The molecule has 0 saturated carbocycles. The molecule has 0 aliphatic heterocycles. The summed E-state index contributed by atoms with van der Waals surface area (Å²) in [7, 11) is 0. The smallest absolute Gasteiger partial charge is 0.252 e. The van der Waals surface area contributed by atoms with E-state index in [1.165, 1.54) is 18.2 Å². The zero-order chi connectivity index (χ0) is 17.1. The molecule has 3 rings (SSSR count). The minimum absolute atomic E-state index is 0.119. The Morgan fingerprint density at radius 3 is 2.75 bits per heavy atom. The van der Waals surface area contributed by atoms with Crippen LogP contribution in [0.2, 0.25) is 0 Å². The molecule has 3 aromatic rings. The van der Waals surface area contributed by atoms with Gasteiger partial charge in [-0.1, -0.05) is 29.8 Å². The van der Waals surface area contributed by atoms with Crippen LogP contribution in [0.25, 0.3) is 11.3 Å². The highest BCUT2D eigenvalue weighted by Gasteiger charge is 2.13. The third-order valence-electron chi connectivity index (χ3n) is 3.46. The van der Waals surface area contributed by atoms with E-state index in [0.717, 1.165) is 11.1 Å². The molecule has 0 spiro atoms. The second-order valence-corrected chi connectivity index (χ2v) is 6.15. The van der Waals surface area contributed by atoms with Crippen molar-refractivity contribution in [3.63, 3.8) is 0 Å². The summed E-state index contributed by atoms with van der Waals surface area (Å²) >= 11 is 3.23. The monoisotopic (exact) mass is 388 g/mol. The Labute approximate surface area is 146 Å². The van der Waals surface area contributed by atoms with Gasteiger partial charge in [0.25, 0.3) is 5.91 Å². The first-order chi connectivity index (χ1) is 11.5. The van der Waals surface area contributed by atoms with E-state index < -0.39 is 11.7 Å². The number of nitrogens with one attached hydrogen (secondary N) is 1. The Hall–Kier alpha value is -2.47. The number of hydrogen-bond donors (Lipinski definition) is 1.